The smallest absolute Gasteiger partial charge is 0.303 e. The van der Waals surface area contributed by atoms with E-state index in [4.69, 9.17) is 5.11 Å². The molecule has 0 aliphatic rings. The van der Waals surface area contributed by atoms with Crippen LogP contribution in [-0.4, -0.2) is 31.1 Å². The summed E-state index contributed by atoms with van der Waals surface area (Å²) in [4.78, 5) is 15.0. The van der Waals surface area contributed by atoms with Gasteiger partial charge in [0.15, 0.2) is 0 Å². The lowest BCUT2D eigenvalue weighted by atomic mass is 10.2. The predicted molar refractivity (Wildman–Crippen MR) is 71.3 cm³/mol. The lowest BCUT2D eigenvalue weighted by Crippen LogP contribution is -2.01. The Morgan fingerprint density at radius 1 is 1.47 bits per heavy atom. The zero-order valence-electron chi connectivity index (χ0n) is 10.9. The summed E-state index contributed by atoms with van der Waals surface area (Å²) in [6.07, 6.45) is 2.26. The number of aliphatic carboxylic acids is 1. The summed E-state index contributed by atoms with van der Waals surface area (Å²) in [6, 6.07) is 0. The van der Waals surface area contributed by atoms with E-state index in [-0.39, 0.29) is 6.42 Å². The van der Waals surface area contributed by atoms with Gasteiger partial charge in [0.25, 0.3) is 0 Å². The average Bonchev–Trinajstić information content (AvgIpc) is 2.96. The molecule has 0 spiro atoms. The Morgan fingerprint density at radius 2 is 2.26 bits per heavy atom. The van der Waals surface area contributed by atoms with Gasteiger partial charge in [-0.2, -0.15) is 0 Å². The molecule has 0 bridgehead atoms. The highest BCUT2D eigenvalue weighted by atomic mass is 32.1. The minimum Gasteiger partial charge on any atom is -0.481 e. The number of hydrogen-bond acceptors (Lipinski definition) is 5. The fraction of sp³-hybridized carbons (Fsp3) is 0.500. The van der Waals surface area contributed by atoms with E-state index < -0.39 is 5.97 Å². The molecule has 0 radical (unpaired) electrons. The summed E-state index contributed by atoms with van der Waals surface area (Å²) < 4.78 is 1.69. The number of hydrogen-bond donors (Lipinski definition) is 1. The SMILES string of the molecule is CC(C)c1nc(Cn2cc(CCC(=O)O)nn2)cs1. The van der Waals surface area contributed by atoms with Crippen molar-refractivity contribution in [2.24, 2.45) is 0 Å². The molecule has 0 aliphatic heterocycles. The maximum absolute atomic E-state index is 10.5. The van der Waals surface area contributed by atoms with Gasteiger partial charge in [-0.1, -0.05) is 19.1 Å². The highest BCUT2D eigenvalue weighted by molar-refractivity contribution is 7.09. The van der Waals surface area contributed by atoms with Crippen LogP contribution in [0.5, 0.6) is 0 Å². The number of thiazole rings is 1. The third kappa shape index (κ3) is 3.85. The second-order valence-corrected chi connectivity index (χ2v) is 5.52. The van der Waals surface area contributed by atoms with Gasteiger partial charge < -0.3 is 5.11 Å². The Balaban J connectivity index is 1.97. The first-order chi connectivity index (χ1) is 9.04. The summed E-state index contributed by atoms with van der Waals surface area (Å²) in [5.41, 5.74) is 1.66. The van der Waals surface area contributed by atoms with Crippen LogP contribution in [0.4, 0.5) is 0 Å². The van der Waals surface area contributed by atoms with Gasteiger partial charge in [0.2, 0.25) is 0 Å². The monoisotopic (exact) mass is 280 g/mol. The molecule has 2 aromatic heterocycles. The molecule has 0 aliphatic carbocycles. The summed E-state index contributed by atoms with van der Waals surface area (Å²) in [6.45, 7) is 4.80. The molecular formula is C12H16N4O2S. The van der Waals surface area contributed by atoms with Crippen molar-refractivity contribution in [3.05, 3.63) is 28.0 Å². The highest BCUT2D eigenvalue weighted by Gasteiger charge is 2.08. The molecule has 0 aromatic carbocycles. The fourth-order valence-corrected chi connectivity index (χ4v) is 2.42. The summed E-state index contributed by atoms with van der Waals surface area (Å²) in [7, 11) is 0. The maximum Gasteiger partial charge on any atom is 0.303 e. The maximum atomic E-state index is 10.5. The van der Waals surface area contributed by atoms with Crippen LogP contribution in [0.25, 0.3) is 0 Å². The van der Waals surface area contributed by atoms with Crippen molar-refractivity contribution in [1.82, 2.24) is 20.0 Å². The number of aryl methyl sites for hydroxylation is 1. The molecular weight excluding hydrogens is 264 g/mol. The Bertz CT molecular complexity index is 562. The van der Waals surface area contributed by atoms with Crippen molar-refractivity contribution in [3.63, 3.8) is 0 Å². The molecule has 7 heteroatoms. The minimum atomic E-state index is -0.823. The number of carboxylic acid groups (broad SMARTS) is 1. The Kier molecular flexibility index (Phi) is 4.26. The van der Waals surface area contributed by atoms with E-state index in [0.717, 1.165) is 10.7 Å². The number of carbonyl (C=O) groups is 1. The largest absolute Gasteiger partial charge is 0.481 e. The first kappa shape index (κ1) is 13.7. The van der Waals surface area contributed by atoms with Crippen LogP contribution in [0.15, 0.2) is 11.6 Å². The van der Waals surface area contributed by atoms with Gasteiger partial charge in [-0.15, -0.1) is 16.4 Å². The van der Waals surface area contributed by atoms with Gasteiger partial charge in [-0.3, -0.25) is 4.79 Å². The molecule has 102 valence electrons. The molecule has 0 fully saturated rings. The zero-order valence-corrected chi connectivity index (χ0v) is 11.7. The second-order valence-electron chi connectivity index (χ2n) is 4.63. The fourth-order valence-electron chi connectivity index (χ4n) is 1.59. The van der Waals surface area contributed by atoms with Gasteiger partial charge in [0.05, 0.1) is 29.4 Å². The Labute approximate surface area is 115 Å². The van der Waals surface area contributed by atoms with Crippen molar-refractivity contribution >= 4 is 17.3 Å². The normalized spacial score (nSPS) is 11.1. The van der Waals surface area contributed by atoms with Crippen LogP contribution in [-0.2, 0) is 17.8 Å². The summed E-state index contributed by atoms with van der Waals surface area (Å²) in [5.74, 6) is -0.392. The van der Waals surface area contributed by atoms with Crippen LogP contribution in [0, 0.1) is 0 Å². The predicted octanol–water partition coefficient (Wildman–Crippen LogP) is 1.92. The van der Waals surface area contributed by atoms with Crippen molar-refractivity contribution in [2.45, 2.75) is 39.2 Å². The van der Waals surface area contributed by atoms with Gasteiger partial charge in [-0.25, -0.2) is 9.67 Å². The van der Waals surface area contributed by atoms with Crippen molar-refractivity contribution in [3.8, 4) is 0 Å². The Hall–Kier alpha value is -1.76. The molecule has 2 rings (SSSR count). The molecule has 19 heavy (non-hydrogen) atoms. The number of carboxylic acids is 1. The first-order valence-corrected chi connectivity index (χ1v) is 6.97. The lowest BCUT2D eigenvalue weighted by molar-refractivity contribution is -0.136. The summed E-state index contributed by atoms with van der Waals surface area (Å²) >= 11 is 1.65. The van der Waals surface area contributed by atoms with E-state index in [0.29, 0.717) is 24.6 Å². The van der Waals surface area contributed by atoms with E-state index in [9.17, 15) is 4.79 Å². The van der Waals surface area contributed by atoms with Gasteiger partial charge >= 0.3 is 5.97 Å². The highest BCUT2D eigenvalue weighted by Crippen LogP contribution is 2.19. The first-order valence-electron chi connectivity index (χ1n) is 6.09. The molecule has 1 N–H and O–H groups in total. The van der Waals surface area contributed by atoms with Crippen LogP contribution in [0.2, 0.25) is 0 Å². The standard InChI is InChI=1S/C12H16N4O2S/c1-8(2)12-13-10(7-19-12)6-16-5-9(14-15-16)3-4-11(17)18/h5,7-8H,3-4,6H2,1-2H3,(H,17,18). The van der Waals surface area contributed by atoms with E-state index >= 15 is 0 Å². The molecule has 2 aromatic rings. The van der Waals surface area contributed by atoms with Gasteiger partial charge in [0.1, 0.15) is 0 Å². The van der Waals surface area contributed by atoms with E-state index in [1.165, 1.54) is 0 Å². The van der Waals surface area contributed by atoms with Crippen molar-refractivity contribution in [2.75, 3.05) is 0 Å². The third-order valence-corrected chi connectivity index (χ3v) is 3.76. The molecule has 6 nitrogen and oxygen atoms in total. The van der Waals surface area contributed by atoms with Crippen molar-refractivity contribution in [1.29, 1.82) is 0 Å². The molecule has 0 saturated heterocycles. The quantitative estimate of drug-likeness (QED) is 0.874. The lowest BCUT2D eigenvalue weighted by Gasteiger charge is -1.97. The van der Waals surface area contributed by atoms with Gasteiger partial charge in [-0.05, 0) is 0 Å². The van der Waals surface area contributed by atoms with Crippen molar-refractivity contribution < 1.29 is 9.90 Å². The number of rotatable bonds is 6. The molecule has 0 amide bonds. The Morgan fingerprint density at radius 3 is 2.89 bits per heavy atom. The molecule has 2 heterocycles. The topological polar surface area (TPSA) is 80.9 Å². The van der Waals surface area contributed by atoms with Crippen LogP contribution in [0.1, 0.15) is 42.6 Å². The third-order valence-electron chi connectivity index (χ3n) is 2.57. The van der Waals surface area contributed by atoms with E-state index in [1.54, 1.807) is 22.2 Å². The second kappa shape index (κ2) is 5.92. The van der Waals surface area contributed by atoms with Crippen LogP contribution in [0.3, 0.4) is 0 Å². The van der Waals surface area contributed by atoms with Crippen LogP contribution >= 0.6 is 11.3 Å². The average molecular weight is 280 g/mol. The van der Waals surface area contributed by atoms with Crippen LogP contribution < -0.4 is 0 Å². The molecule has 0 saturated carbocycles. The van der Waals surface area contributed by atoms with Gasteiger partial charge in [0, 0.05) is 23.9 Å². The number of aromatic nitrogens is 4. The number of nitrogens with zero attached hydrogens (tertiary/aromatic N) is 4. The zero-order chi connectivity index (χ0) is 13.8. The van der Waals surface area contributed by atoms with E-state index in [2.05, 4.69) is 29.1 Å². The molecule has 0 unspecified atom stereocenters. The summed E-state index contributed by atoms with van der Waals surface area (Å²) in [5, 5.41) is 19.7. The van der Waals surface area contributed by atoms with E-state index in [1.807, 2.05) is 5.38 Å². The minimum absolute atomic E-state index is 0.0763. The molecule has 0 atom stereocenters.